The number of rotatable bonds is 4. The van der Waals surface area contributed by atoms with Crippen molar-refractivity contribution >= 4 is 39.9 Å². The number of nitrogens with two attached hydrogens (primary N) is 1. The molecule has 1 aliphatic carbocycles. The molecule has 0 atom stereocenters. The van der Waals surface area contributed by atoms with Crippen LogP contribution in [0.1, 0.15) is 25.3 Å². The highest BCUT2D eigenvalue weighted by atomic mass is 32.2. The number of aromatic nitrogens is 2. The van der Waals surface area contributed by atoms with Crippen molar-refractivity contribution in [2.75, 3.05) is 23.6 Å². The van der Waals surface area contributed by atoms with Crippen LogP contribution in [0, 0.1) is 12.7 Å². The number of ether oxygens (including phenoxy) is 1. The van der Waals surface area contributed by atoms with Crippen LogP contribution < -0.4 is 15.8 Å². The quantitative estimate of drug-likeness (QED) is 0.578. The summed E-state index contributed by atoms with van der Waals surface area (Å²) in [6.07, 6.45) is 7.51. The monoisotopic (exact) mass is 400 g/mol. The van der Waals surface area contributed by atoms with Crippen molar-refractivity contribution < 1.29 is 9.13 Å². The molecular formula is C21H25FN4OS. The van der Waals surface area contributed by atoms with Crippen molar-refractivity contribution in [3.05, 3.63) is 48.0 Å². The van der Waals surface area contributed by atoms with Gasteiger partial charge in [-0.3, -0.25) is 0 Å². The Bertz CT molecular complexity index is 992. The molecule has 1 aliphatic rings. The zero-order chi connectivity index (χ0) is 20.3. The molecule has 3 aromatic rings. The maximum atomic E-state index is 13.7. The predicted octanol–water partition coefficient (Wildman–Crippen LogP) is 5.31. The summed E-state index contributed by atoms with van der Waals surface area (Å²) in [4.78, 5) is 8.64. The van der Waals surface area contributed by atoms with Crippen LogP contribution in [0.2, 0.25) is 0 Å². The highest BCUT2D eigenvalue weighted by Crippen LogP contribution is 2.42. The van der Waals surface area contributed by atoms with E-state index in [1.807, 2.05) is 38.5 Å². The molecule has 2 aromatic carbocycles. The molecular weight excluding hydrogens is 375 g/mol. The first-order chi connectivity index (χ1) is 13.3. The van der Waals surface area contributed by atoms with E-state index >= 15 is 0 Å². The molecule has 4 rings (SSSR count). The molecule has 1 heterocycles. The first-order valence-corrected chi connectivity index (χ1v) is 10.6. The molecule has 0 spiro atoms. The maximum absolute atomic E-state index is 13.7. The summed E-state index contributed by atoms with van der Waals surface area (Å²) in [6, 6.07) is 8.16. The second-order valence-corrected chi connectivity index (χ2v) is 8.00. The number of nitrogen functional groups attached to an aromatic ring is 1. The molecule has 28 heavy (non-hydrogen) atoms. The van der Waals surface area contributed by atoms with E-state index in [1.165, 1.54) is 18.5 Å². The number of benzene rings is 2. The van der Waals surface area contributed by atoms with Gasteiger partial charge < -0.3 is 15.8 Å². The van der Waals surface area contributed by atoms with Crippen LogP contribution in [-0.4, -0.2) is 28.1 Å². The average Bonchev–Trinajstić information content (AvgIpc) is 3.34. The van der Waals surface area contributed by atoms with Crippen molar-refractivity contribution in [1.82, 2.24) is 9.97 Å². The minimum Gasteiger partial charge on any atom is -0.485 e. The lowest BCUT2D eigenvalue weighted by atomic mass is 10.1. The Morgan fingerprint density at radius 2 is 1.89 bits per heavy atom. The predicted molar refractivity (Wildman–Crippen MR) is 116 cm³/mol. The van der Waals surface area contributed by atoms with Crippen LogP contribution in [0.4, 0.5) is 21.6 Å². The van der Waals surface area contributed by atoms with E-state index in [4.69, 9.17) is 10.5 Å². The Balaban J connectivity index is 0.000000706. The molecule has 0 aliphatic heterocycles. The SMILES string of the molecule is CSC.Cc1cc(N)cc2ncnc(Nc3ccc(F)cc3OC3(C)CC3)c12. The van der Waals surface area contributed by atoms with E-state index in [0.717, 1.165) is 29.3 Å². The van der Waals surface area contributed by atoms with Gasteiger partial charge in [0.25, 0.3) is 0 Å². The Labute approximate surface area is 168 Å². The Hall–Kier alpha value is -2.54. The summed E-state index contributed by atoms with van der Waals surface area (Å²) in [7, 11) is 0. The van der Waals surface area contributed by atoms with E-state index in [0.29, 0.717) is 22.9 Å². The Kier molecular flexibility index (Phi) is 5.93. The molecule has 3 N–H and O–H groups in total. The normalized spacial score (nSPS) is 14.2. The minimum atomic E-state index is -0.332. The van der Waals surface area contributed by atoms with Crippen LogP contribution in [0.15, 0.2) is 36.7 Å². The van der Waals surface area contributed by atoms with Crippen LogP contribution in [-0.2, 0) is 0 Å². The van der Waals surface area contributed by atoms with Crippen molar-refractivity contribution in [3.8, 4) is 5.75 Å². The minimum absolute atomic E-state index is 0.206. The van der Waals surface area contributed by atoms with E-state index in [1.54, 1.807) is 17.8 Å². The number of aryl methyl sites for hydroxylation is 1. The lowest BCUT2D eigenvalue weighted by molar-refractivity contribution is 0.201. The Morgan fingerprint density at radius 1 is 1.18 bits per heavy atom. The fraction of sp³-hybridized carbons (Fsp3) is 0.333. The van der Waals surface area contributed by atoms with Crippen LogP contribution in [0.5, 0.6) is 5.75 Å². The first-order valence-electron chi connectivity index (χ1n) is 9.02. The summed E-state index contributed by atoms with van der Waals surface area (Å²) < 4.78 is 19.7. The first kappa shape index (κ1) is 20.2. The van der Waals surface area contributed by atoms with Crippen molar-refractivity contribution in [3.63, 3.8) is 0 Å². The number of anilines is 3. The zero-order valence-electron chi connectivity index (χ0n) is 16.5. The molecule has 7 heteroatoms. The van der Waals surface area contributed by atoms with E-state index in [-0.39, 0.29) is 11.4 Å². The number of halogens is 1. The number of hydrogen-bond donors (Lipinski definition) is 2. The van der Waals surface area contributed by atoms with E-state index in [2.05, 4.69) is 15.3 Å². The lowest BCUT2D eigenvalue weighted by Crippen LogP contribution is -2.13. The summed E-state index contributed by atoms with van der Waals surface area (Å²) in [6.45, 7) is 3.98. The van der Waals surface area contributed by atoms with Gasteiger partial charge in [0.15, 0.2) is 0 Å². The van der Waals surface area contributed by atoms with Gasteiger partial charge in [-0.1, -0.05) is 0 Å². The van der Waals surface area contributed by atoms with Crippen LogP contribution in [0.25, 0.3) is 10.9 Å². The standard InChI is InChI=1S/C19H19FN4O.C2H6S/c1-11-7-13(21)9-15-17(11)18(23-10-22-15)24-14-4-3-12(20)8-16(14)25-19(2)5-6-19;1-3-2/h3-4,7-10H,5-6,21H2,1-2H3,(H,22,23,24);1-2H3. The molecule has 1 saturated carbocycles. The van der Waals surface area contributed by atoms with Gasteiger partial charge in [-0.25, -0.2) is 14.4 Å². The third-order valence-electron chi connectivity index (χ3n) is 4.46. The third kappa shape index (κ3) is 4.65. The topological polar surface area (TPSA) is 73.1 Å². The fourth-order valence-corrected chi connectivity index (χ4v) is 2.87. The van der Waals surface area contributed by atoms with Gasteiger partial charge in [0, 0.05) is 17.1 Å². The maximum Gasteiger partial charge on any atom is 0.146 e. The smallest absolute Gasteiger partial charge is 0.146 e. The van der Waals surface area contributed by atoms with Crippen molar-refractivity contribution in [2.45, 2.75) is 32.3 Å². The van der Waals surface area contributed by atoms with Gasteiger partial charge in [-0.05, 0) is 69.0 Å². The number of nitrogens with one attached hydrogen (secondary N) is 1. The second kappa shape index (κ2) is 8.22. The Morgan fingerprint density at radius 3 is 2.57 bits per heavy atom. The number of hydrogen-bond acceptors (Lipinski definition) is 6. The van der Waals surface area contributed by atoms with Gasteiger partial charge in [0.1, 0.15) is 29.3 Å². The molecule has 148 valence electrons. The summed E-state index contributed by atoms with van der Waals surface area (Å²) in [5, 5.41) is 4.15. The highest BCUT2D eigenvalue weighted by Gasteiger charge is 2.40. The van der Waals surface area contributed by atoms with Crippen LogP contribution >= 0.6 is 11.8 Å². The molecule has 5 nitrogen and oxygen atoms in total. The van der Waals surface area contributed by atoms with E-state index < -0.39 is 0 Å². The highest BCUT2D eigenvalue weighted by molar-refractivity contribution is 7.97. The third-order valence-corrected chi connectivity index (χ3v) is 4.46. The average molecular weight is 401 g/mol. The van der Waals surface area contributed by atoms with Gasteiger partial charge in [0.2, 0.25) is 0 Å². The van der Waals surface area contributed by atoms with E-state index in [9.17, 15) is 4.39 Å². The summed E-state index contributed by atoms with van der Waals surface area (Å²) in [5.74, 6) is 0.793. The van der Waals surface area contributed by atoms with Crippen molar-refractivity contribution in [2.24, 2.45) is 0 Å². The molecule has 0 unspecified atom stereocenters. The summed E-state index contributed by atoms with van der Waals surface area (Å²) >= 11 is 1.75. The molecule has 0 radical (unpaired) electrons. The van der Waals surface area contributed by atoms with Crippen molar-refractivity contribution in [1.29, 1.82) is 0 Å². The molecule has 0 bridgehead atoms. The molecule has 1 fully saturated rings. The molecule has 0 saturated heterocycles. The fourth-order valence-electron chi connectivity index (χ4n) is 2.87. The van der Waals surface area contributed by atoms with Gasteiger partial charge in [-0.2, -0.15) is 11.8 Å². The molecule has 1 aromatic heterocycles. The number of fused-ring (bicyclic) bond motifs is 1. The molecule has 0 amide bonds. The lowest BCUT2D eigenvalue weighted by Gasteiger charge is -2.18. The second-order valence-electron chi connectivity index (χ2n) is 7.18. The van der Waals surface area contributed by atoms with Crippen LogP contribution in [0.3, 0.4) is 0 Å². The zero-order valence-corrected chi connectivity index (χ0v) is 17.4. The van der Waals surface area contributed by atoms with Gasteiger partial charge in [-0.15, -0.1) is 0 Å². The van der Waals surface area contributed by atoms with Gasteiger partial charge in [0.05, 0.1) is 11.2 Å². The largest absolute Gasteiger partial charge is 0.485 e. The summed E-state index contributed by atoms with van der Waals surface area (Å²) in [5.41, 5.74) is 8.75. The number of nitrogens with zero attached hydrogens (tertiary/aromatic N) is 2. The van der Waals surface area contributed by atoms with Gasteiger partial charge >= 0.3 is 0 Å². The number of thioether (sulfide) groups is 1.